The standard InChI is InChI=1S/C14H17N3/c1-10-6-7-12(8-14(10)15)16-9-13-5-3-4-11(2)17-13/h3-8,16H,9,15H2,1-2H3. The molecule has 3 heteroatoms. The topological polar surface area (TPSA) is 50.9 Å². The Bertz CT molecular complexity index is 521. The fraction of sp³-hybridized carbons (Fsp3) is 0.214. The van der Waals surface area contributed by atoms with Crippen molar-refractivity contribution in [2.24, 2.45) is 0 Å². The summed E-state index contributed by atoms with van der Waals surface area (Å²) in [6, 6.07) is 12.0. The minimum absolute atomic E-state index is 0.712. The van der Waals surface area contributed by atoms with Gasteiger partial charge in [0.2, 0.25) is 0 Å². The number of anilines is 2. The fourth-order valence-corrected chi connectivity index (χ4v) is 1.64. The maximum absolute atomic E-state index is 5.86. The Kier molecular flexibility index (Phi) is 3.28. The second-order valence-electron chi connectivity index (χ2n) is 4.20. The largest absolute Gasteiger partial charge is 0.398 e. The van der Waals surface area contributed by atoms with Crippen molar-refractivity contribution in [3.05, 3.63) is 53.3 Å². The molecule has 1 heterocycles. The summed E-state index contributed by atoms with van der Waals surface area (Å²) in [6.07, 6.45) is 0. The first-order valence-corrected chi connectivity index (χ1v) is 5.68. The van der Waals surface area contributed by atoms with E-state index in [1.807, 2.05) is 50.2 Å². The average Bonchev–Trinajstić information content (AvgIpc) is 2.31. The Labute approximate surface area is 102 Å². The van der Waals surface area contributed by atoms with Crippen LogP contribution in [0, 0.1) is 13.8 Å². The van der Waals surface area contributed by atoms with Gasteiger partial charge < -0.3 is 11.1 Å². The fourth-order valence-electron chi connectivity index (χ4n) is 1.64. The summed E-state index contributed by atoms with van der Waals surface area (Å²) >= 11 is 0. The third-order valence-corrected chi connectivity index (χ3v) is 2.70. The van der Waals surface area contributed by atoms with E-state index in [4.69, 9.17) is 5.73 Å². The van der Waals surface area contributed by atoms with Crippen LogP contribution in [0.5, 0.6) is 0 Å². The minimum Gasteiger partial charge on any atom is -0.398 e. The summed E-state index contributed by atoms with van der Waals surface area (Å²) in [6.45, 7) is 4.71. The van der Waals surface area contributed by atoms with Crippen LogP contribution in [0.25, 0.3) is 0 Å². The lowest BCUT2D eigenvalue weighted by molar-refractivity contribution is 1.02. The van der Waals surface area contributed by atoms with Gasteiger partial charge in [-0.15, -0.1) is 0 Å². The van der Waals surface area contributed by atoms with Gasteiger partial charge in [-0.3, -0.25) is 4.98 Å². The van der Waals surface area contributed by atoms with Crippen molar-refractivity contribution in [3.63, 3.8) is 0 Å². The molecule has 0 bridgehead atoms. The second kappa shape index (κ2) is 4.87. The molecule has 0 fully saturated rings. The van der Waals surface area contributed by atoms with Crippen LogP contribution in [0.3, 0.4) is 0 Å². The SMILES string of the molecule is Cc1cccc(CNc2ccc(C)c(N)c2)n1. The van der Waals surface area contributed by atoms with E-state index in [9.17, 15) is 0 Å². The Morgan fingerprint density at radius 1 is 1.18 bits per heavy atom. The number of pyridine rings is 1. The molecule has 3 N–H and O–H groups in total. The van der Waals surface area contributed by atoms with Crippen LogP contribution >= 0.6 is 0 Å². The van der Waals surface area contributed by atoms with Crippen molar-refractivity contribution in [1.29, 1.82) is 0 Å². The van der Waals surface area contributed by atoms with Crippen molar-refractivity contribution in [3.8, 4) is 0 Å². The molecule has 2 rings (SSSR count). The maximum atomic E-state index is 5.86. The highest BCUT2D eigenvalue weighted by atomic mass is 14.9. The third kappa shape index (κ3) is 2.97. The monoisotopic (exact) mass is 227 g/mol. The molecule has 0 saturated carbocycles. The average molecular weight is 227 g/mol. The predicted octanol–water partition coefficient (Wildman–Crippen LogP) is 2.89. The van der Waals surface area contributed by atoms with Gasteiger partial charge in [-0.05, 0) is 43.7 Å². The Hall–Kier alpha value is -2.03. The van der Waals surface area contributed by atoms with E-state index in [0.29, 0.717) is 6.54 Å². The van der Waals surface area contributed by atoms with Gasteiger partial charge in [-0.25, -0.2) is 0 Å². The molecule has 0 atom stereocenters. The van der Waals surface area contributed by atoms with Crippen molar-refractivity contribution < 1.29 is 0 Å². The highest BCUT2D eigenvalue weighted by Crippen LogP contribution is 2.17. The highest BCUT2D eigenvalue weighted by Gasteiger charge is 1.98. The van der Waals surface area contributed by atoms with Gasteiger partial charge >= 0.3 is 0 Å². The van der Waals surface area contributed by atoms with Gasteiger partial charge in [-0.1, -0.05) is 12.1 Å². The Morgan fingerprint density at radius 2 is 2.00 bits per heavy atom. The Balaban J connectivity index is 2.05. The van der Waals surface area contributed by atoms with Crippen molar-refractivity contribution in [1.82, 2.24) is 4.98 Å². The molecule has 0 radical (unpaired) electrons. The van der Waals surface area contributed by atoms with Crippen LogP contribution < -0.4 is 11.1 Å². The first-order chi connectivity index (χ1) is 8.15. The molecule has 0 aliphatic rings. The van der Waals surface area contributed by atoms with E-state index >= 15 is 0 Å². The van der Waals surface area contributed by atoms with Crippen molar-refractivity contribution in [2.75, 3.05) is 11.1 Å². The summed E-state index contributed by atoms with van der Waals surface area (Å²) < 4.78 is 0. The lowest BCUT2D eigenvalue weighted by Crippen LogP contribution is -2.03. The van der Waals surface area contributed by atoms with Crippen molar-refractivity contribution in [2.45, 2.75) is 20.4 Å². The molecule has 0 aliphatic heterocycles. The van der Waals surface area contributed by atoms with E-state index < -0.39 is 0 Å². The van der Waals surface area contributed by atoms with Gasteiger partial charge in [0.1, 0.15) is 0 Å². The van der Waals surface area contributed by atoms with E-state index in [1.165, 1.54) is 0 Å². The third-order valence-electron chi connectivity index (χ3n) is 2.70. The van der Waals surface area contributed by atoms with Gasteiger partial charge in [0.15, 0.2) is 0 Å². The molecule has 1 aromatic heterocycles. The number of aromatic nitrogens is 1. The number of benzene rings is 1. The molecule has 0 saturated heterocycles. The zero-order valence-corrected chi connectivity index (χ0v) is 10.2. The number of nitrogens with zero attached hydrogens (tertiary/aromatic N) is 1. The number of hydrogen-bond donors (Lipinski definition) is 2. The zero-order valence-electron chi connectivity index (χ0n) is 10.2. The lowest BCUT2D eigenvalue weighted by atomic mass is 10.2. The van der Waals surface area contributed by atoms with Gasteiger partial charge in [0.25, 0.3) is 0 Å². The lowest BCUT2D eigenvalue weighted by Gasteiger charge is -2.08. The van der Waals surface area contributed by atoms with Crippen LogP contribution in [0.15, 0.2) is 36.4 Å². The van der Waals surface area contributed by atoms with Crippen LogP contribution in [-0.2, 0) is 6.54 Å². The zero-order chi connectivity index (χ0) is 12.3. The summed E-state index contributed by atoms with van der Waals surface area (Å²) in [4.78, 5) is 4.43. The molecular formula is C14H17N3. The molecule has 0 amide bonds. The first-order valence-electron chi connectivity index (χ1n) is 5.68. The number of hydrogen-bond acceptors (Lipinski definition) is 3. The smallest absolute Gasteiger partial charge is 0.0597 e. The summed E-state index contributed by atoms with van der Waals surface area (Å²) in [5.41, 5.74) is 10.9. The number of rotatable bonds is 3. The number of nitrogen functional groups attached to an aromatic ring is 1. The van der Waals surface area contributed by atoms with E-state index in [0.717, 1.165) is 28.3 Å². The second-order valence-corrected chi connectivity index (χ2v) is 4.20. The quantitative estimate of drug-likeness (QED) is 0.793. The normalized spacial score (nSPS) is 10.2. The molecule has 0 aliphatic carbocycles. The number of nitrogens with one attached hydrogen (secondary N) is 1. The summed E-state index contributed by atoms with van der Waals surface area (Å²) in [7, 11) is 0. The highest BCUT2D eigenvalue weighted by molar-refractivity contribution is 5.58. The predicted molar refractivity (Wildman–Crippen MR) is 71.9 cm³/mol. The number of aryl methyl sites for hydroxylation is 2. The molecule has 2 aromatic rings. The minimum atomic E-state index is 0.712. The molecule has 0 unspecified atom stereocenters. The van der Waals surface area contributed by atoms with Crippen LogP contribution in [-0.4, -0.2) is 4.98 Å². The molecule has 0 spiro atoms. The summed E-state index contributed by atoms with van der Waals surface area (Å²) in [5, 5.41) is 3.31. The molecule has 3 nitrogen and oxygen atoms in total. The van der Waals surface area contributed by atoms with Crippen LogP contribution in [0.1, 0.15) is 17.0 Å². The van der Waals surface area contributed by atoms with E-state index in [-0.39, 0.29) is 0 Å². The van der Waals surface area contributed by atoms with Crippen molar-refractivity contribution >= 4 is 11.4 Å². The molecule has 88 valence electrons. The Morgan fingerprint density at radius 3 is 2.71 bits per heavy atom. The first kappa shape index (κ1) is 11.5. The van der Waals surface area contributed by atoms with Gasteiger partial charge in [0, 0.05) is 17.1 Å². The molecule has 1 aromatic carbocycles. The van der Waals surface area contributed by atoms with Crippen LogP contribution in [0.2, 0.25) is 0 Å². The molecular weight excluding hydrogens is 210 g/mol. The summed E-state index contributed by atoms with van der Waals surface area (Å²) in [5.74, 6) is 0. The number of nitrogens with two attached hydrogens (primary N) is 1. The molecule has 17 heavy (non-hydrogen) atoms. The van der Waals surface area contributed by atoms with Crippen LogP contribution in [0.4, 0.5) is 11.4 Å². The van der Waals surface area contributed by atoms with Gasteiger partial charge in [0.05, 0.1) is 12.2 Å². The van der Waals surface area contributed by atoms with E-state index in [1.54, 1.807) is 0 Å². The maximum Gasteiger partial charge on any atom is 0.0597 e. The van der Waals surface area contributed by atoms with Gasteiger partial charge in [-0.2, -0.15) is 0 Å². The van der Waals surface area contributed by atoms with E-state index in [2.05, 4.69) is 10.3 Å².